The molecule has 0 amide bonds. The molecular formula is C71H124NO8P. The Morgan fingerprint density at radius 1 is 0.383 bits per heavy atom. The van der Waals surface area contributed by atoms with E-state index in [-0.39, 0.29) is 32.6 Å². The van der Waals surface area contributed by atoms with Gasteiger partial charge in [-0.1, -0.05) is 316 Å². The number of carbonyl (C=O) groups is 2. The summed E-state index contributed by atoms with van der Waals surface area (Å²) in [5, 5.41) is 0. The standard InChI is InChI=1S/C71H124NO8P/c1-3-5-7-9-11-13-15-17-19-21-23-25-27-29-31-33-34-36-37-39-41-43-45-47-49-51-53-55-57-59-61-63-70(73)77-67-69(68-79-81(75,76)78-66-65-72)80-71(74)64-62-60-58-56-54-52-50-48-46-44-42-40-38-35-32-30-28-26-24-22-20-18-16-14-12-10-8-6-4-2/h6,8,12,14,18,20,24,26,30,32,38,40,44,46,50,52,56,58,69H,3-5,7,9-11,13,15-17,19,21-23,25,27-29,31,33-37,39,41-43,45,47-49,51,53-55,57,59-68,72H2,1-2H3,(H,75,76)/b8-6-,14-12-,20-18-,26-24-,32-30-,40-38-,46-44-,52-50-,58-56-. The molecule has 2 atom stereocenters. The Bertz CT molecular complexity index is 1690. The number of allylic oxidation sites excluding steroid dienone is 18. The van der Waals surface area contributed by atoms with Gasteiger partial charge in [0, 0.05) is 19.4 Å². The van der Waals surface area contributed by atoms with Crippen LogP contribution in [-0.2, 0) is 32.7 Å². The molecule has 0 aliphatic heterocycles. The number of esters is 2. The molecule has 3 N–H and O–H groups in total. The van der Waals surface area contributed by atoms with Crippen molar-refractivity contribution in [1.29, 1.82) is 0 Å². The third-order valence-corrected chi connectivity index (χ3v) is 15.2. The van der Waals surface area contributed by atoms with Gasteiger partial charge in [0.05, 0.1) is 13.2 Å². The minimum atomic E-state index is -4.41. The van der Waals surface area contributed by atoms with Crippen molar-refractivity contribution in [3.05, 3.63) is 109 Å². The monoisotopic (exact) mass is 1150 g/mol. The van der Waals surface area contributed by atoms with Gasteiger partial charge in [0.15, 0.2) is 6.10 Å². The number of unbranched alkanes of at least 4 members (excludes halogenated alkanes) is 31. The summed E-state index contributed by atoms with van der Waals surface area (Å²) in [5.74, 6) is -0.894. The maximum atomic E-state index is 12.7. The molecule has 0 fully saturated rings. The highest BCUT2D eigenvalue weighted by Crippen LogP contribution is 2.43. The van der Waals surface area contributed by atoms with E-state index in [1.807, 2.05) is 6.08 Å². The molecule has 0 aromatic carbocycles. The first-order valence-electron chi connectivity index (χ1n) is 33.4. The van der Waals surface area contributed by atoms with E-state index in [0.717, 1.165) is 77.0 Å². The number of hydrogen-bond donors (Lipinski definition) is 2. The van der Waals surface area contributed by atoms with Gasteiger partial charge in [-0.2, -0.15) is 0 Å². The fourth-order valence-electron chi connectivity index (χ4n) is 9.29. The summed E-state index contributed by atoms with van der Waals surface area (Å²) in [6.45, 7) is 3.59. The van der Waals surface area contributed by atoms with E-state index in [0.29, 0.717) is 12.8 Å². The number of ether oxygens (including phenoxy) is 2. The third kappa shape index (κ3) is 65.7. The Morgan fingerprint density at radius 3 is 1.00 bits per heavy atom. The lowest BCUT2D eigenvalue weighted by Crippen LogP contribution is -2.29. The minimum absolute atomic E-state index is 0.0397. The van der Waals surface area contributed by atoms with Gasteiger partial charge in [-0.05, 0) is 77.0 Å². The van der Waals surface area contributed by atoms with Gasteiger partial charge in [0.1, 0.15) is 6.61 Å². The van der Waals surface area contributed by atoms with Crippen molar-refractivity contribution in [1.82, 2.24) is 0 Å². The van der Waals surface area contributed by atoms with Crippen LogP contribution in [0.4, 0.5) is 0 Å². The molecule has 0 bridgehead atoms. The summed E-state index contributed by atoms with van der Waals surface area (Å²) in [4.78, 5) is 35.3. The van der Waals surface area contributed by atoms with E-state index in [9.17, 15) is 19.0 Å². The Morgan fingerprint density at radius 2 is 0.679 bits per heavy atom. The fraction of sp³-hybridized carbons (Fsp3) is 0.718. The van der Waals surface area contributed by atoms with Crippen LogP contribution in [0.25, 0.3) is 0 Å². The van der Waals surface area contributed by atoms with Crippen LogP contribution >= 0.6 is 7.82 Å². The topological polar surface area (TPSA) is 134 Å². The molecule has 2 unspecified atom stereocenters. The molecule has 0 heterocycles. The zero-order valence-corrected chi connectivity index (χ0v) is 53.1. The Balaban J connectivity index is 3.99. The Kier molecular flexibility index (Phi) is 63.1. The fourth-order valence-corrected chi connectivity index (χ4v) is 10.1. The van der Waals surface area contributed by atoms with Gasteiger partial charge in [-0.25, -0.2) is 4.57 Å². The highest BCUT2D eigenvalue weighted by Gasteiger charge is 2.26. The summed E-state index contributed by atoms with van der Waals surface area (Å²) in [6.07, 6.45) is 90.5. The zero-order valence-electron chi connectivity index (χ0n) is 52.2. The molecular weight excluding hydrogens is 1030 g/mol. The number of phosphoric acid groups is 1. The Labute approximate surface area is 499 Å². The second-order valence-electron chi connectivity index (χ2n) is 22.0. The van der Waals surface area contributed by atoms with Crippen LogP contribution < -0.4 is 5.73 Å². The van der Waals surface area contributed by atoms with Crippen LogP contribution in [-0.4, -0.2) is 49.3 Å². The lowest BCUT2D eigenvalue weighted by molar-refractivity contribution is -0.161. The van der Waals surface area contributed by atoms with Gasteiger partial charge in [0.25, 0.3) is 0 Å². The maximum absolute atomic E-state index is 12.7. The second kappa shape index (κ2) is 65.8. The van der Waals surface area contributed by atoms with Gasteiger partial charge < -0.3 is 20.1 Å². The van der Waals surface area contributed by atoms with Crippen molar-refractivity contribution in [2.75, 3.05) is 26.4 Å². The van der Waals surface area contributed by atoms with E-state index in [1.54, 1.807) is 0 Å². The van der Waals surface area contributed by atoms with Crippen LogP contribution in [0.2, 0.25) is 0 Å². The number of rotatable bonds is 62. The first kappa shape index (κ1) is 77.7. The predicted octanol–water partition coefficient (Wildman–Crippen LogP) is 21.7. The lowest BCUT2D eigenvalue weighted by Gasteiger charge is -2.19. The van der Waals surface area contributed by atoms with E-state index in [4.69, 9.17) is 24.3 Å². The van der Waals surface area contributed by atoms with Crippen molar-refractivity contribution >= 4 is 19.8 Å². The first-order chi connectivity index (χ1) is 39.8. The predicted molar refractivity (Wildman–Crippen MR) is 348 cm³/mol. The minimum Gasteiger partial charge on any atom is -0.462 e. The summed E-state index contributed by atoms with van der Waals surface area (Å²) in [6, 6.07) is 0. The van der Waals surface area contributed by atoms with Crippen LogP contribution in [0.15, 0.2) is 109 Å². The van der Waals surface area contributed by atoms with Gasteiger partial charge in [0.2, 0.25) is 0 Å². The van der Waals surface area contributed by atoms with Crippen LogP contribution in [0.1, 0.15) is 296 Å². The lowest BCUT2D eigenvalue weighted by atomic mass is 10.0. The SMILES string of the molecule is CC/C=C\C/C=C\C/C=C\C/C=C\C/C=C\C/C=C\C/C=C\C/C=C\C/C=C\CCCC(=O)OC(COC(=O)CCCCCCCCCCCCCCCCCCCCCCCCCCCCCCCCC)COP(=O)(O)OCCN. The summed E-state index contributed by atoms with van der Waals surface area (Å²) in [5.41, 5.74) is 5.39. The van der Waals surface area contributed by atoms with E-state index in [2.05, 4.69) is 117 Å². The molecule has 466 valence electrons. The maximum Gasteiger partial charge on any atom is 0.472 e. The van der Waals surface area contributed by atoms with Crippen molar-refractivity contribution in [2.24, 2.45) is 5.73 Å². The normalized spacial score (nSPS) is 13.7. The number of nitrogens with two attached hydrogens (primary N) is 1. The first-order valence-corrected chi connectivity index (χ1v) is 34.9. The van der Waals surface area contributed by atoms with Crippen LogP contribution in [0.3, 0.4) is 0 Å². The molecule has 81 heavy (non-hydrogen) atoms. The Hall–Kier alpha value is -3.33. The number of carbonyl (C=O) groups excluding carboxylic acids is 2. The third-order valence-electron chi connectivity index (χ3n) is 14.2. The average molecular weight is 1150 g/mol. The molecule has 0 aliphatic rings. The van der Waals surface area contributed by atoms with E-state index >= 15 is 0 Å². The molecule has 10 heteroatoms. The molecule has 0 aromatic heterocycles. The molecule has 9 nitrogen and oxygen atoms in total. The van der Waals surface area contributed by atoms with Crippen molar-refractivity contribution < 1.29 is 37.6 Å². The molecule has 0 radical (unpaired) electrons. The smallest absolute Gasteiger partial charge is 0.462 e. The molecule has 0 saturated heterocycles. The summed E-state index contributed by atoms with van der Waals surface area (Å²) in [7, 11) is -4.41. The molecule has 0 aromatic rings. The van der Waals surface area contributed by atoms with Crippen molar-refractivity contribution in [3.8, 4) is 0 Å². The van der Waals surface area contributed by atoms with Gasteiger partial charge in [-0.15, -0.1) is 0 Å². The van der Waals surface area contributed by atoms with Crippen molar-refractivity contribution in [3.63, 3.8) is 0 Å². The van der Waals surface area contributed by atoms with Crippen LogP contribution in [0, 0.1) is 0 Å². The molecule has 0 aliphatic carbocycles. The van der Waals surface area contributed by atoms with Crippen molar-refractivity contribution in [2.45, 2.75) is 302 Å². The van der Waals surface area contributed by atoms with Gasteiger partial charge in [-0.3, -0.25) is 18.6 Å². The van der Waals surface area contributed by atoms with E-state index in [1.165, 1.54) is 180 Å². The molecule has 0 saturated carbocycles. The van der Waals surface area contributed by atoms with Gasteiger partial charge >= 0.3 is 19.8 Å². The molecule has 0 rings (SSSR count). The highest BCUT2D eigenvalue weighted by atomic mass is 31.2. The van der Waals surface area contributed by atoms with E-state index < -0.39 is 32.5 Å². The number of hydrogen-bond acceptors (Lipinski definition) is 8. The largest absolute Gasteiger partial charge is 0.472 e. The van der Waals surface area contributed by atoms with Crippen LogP contribution in [0.5, 0.6) is 0 Å². The highest BCUT2D eigenvalue weighted by molar-refractivity contribution is 7.47. The zero-order chi connectivity index (χ0) is 58.7. The molecule has 0 spiro atoms. The number of phosphoric ester groups is 1. The average Bonchev–Trinajstić information content (AvgIpc) is 3.46. The summed E-state index contributed by atoms with van der Waals surface area (Å²) < 4.78 is 33.1. The quantitative estimate of drug-likeness (QED) is 0.0264. The summed E-state index contributed by atoms with van der Waals surface area (Å²) >= 11 is 0. The second-order valence-corrected chi connectivity index (χ2v) is 23.4.